The van der Waals surface area contributed by atoms with Gasteiger partial charge in [-0.25, -0.2) is 15.0 Å². The number of aliphatic imine (C=N–C) groups is 3. The largest absolute Gasteiger partial charge is 0.331 e. The van der Waals surface area contributed by atoms with Gasteiger partial charge in [0.15, 0.2) is 13.0 Å². The van der Waals surface area contributed by atoms with Gasteiger partial charge in [0.1, 0.15) is 13.0 Å². The van der Waals surface area contributed by atoms with E-state index in [0.29, 0.717) is 0 Å². The summed E-state index contributed by atoms with van der Waals surface area (Å²) in [7, 11) is 0. The lowest BCUT2D eigenvalue weighted by atomic mass is 10.3. The molecule has 5 nitrogen and oxygen atoms in total. The lowest BCUT2D eigenvalue weighted by Gasteiger charge is -2.06. The lowest BCUT2D eigenvalue weighted by molar-refractivity contribution is -0.114. The first kappa shape index (κ1) is 3.05. The average Bonchev–Trinajstić information content (AvgIpc) is 2.47. The number of carbonyl (C=O) groups excluding carboxylic acids is 1. The van der Waals surface area contributed by atoms with Crippen LogP contribution in [-0.2, 0) is 4.79 Å². The molecule has 2 rings (SSSR count). The topological polar surface area (TPSA) is 66.2 Å². The number of rotatable bonds is 0. The van der Waals surface area contributed by atoms with Gasteiger partial charge in [-0.05, 0) is 0 Å². The summed E-state index contributed by atoms with van der Waals surface area (Å²) in [6.45, 7) is -2.35. The Hall–Kier alpha value is -1.52. The third-order valence-electron chi connectivity index (χ3n) is 1.09. The summed E-state index contributed by atoms with van der Waals surface area (Å²) in [5, 5.41) is 0.143. The van der Waals surface area contributed by atoms with E-state index in [1.807, 2.05) is 0 Å². The first-order valence-corrected chi connectivity index (χ1v) is 2.56. The van der Waals surface area contributed by atoms with Gasteiger partial charge in [0.25, 0.3) is 5.91 Å². The highest BCUT2D eigenvalue weighted by Crippen LogP contribution is 1.98. The Kier molecular flexibility index (Phi) is 0.527. The Labute approximate surface area is 60.9 Å². The van der Waals surface area contributed by atoms with Gasteiger partial charge in [-0.15, -0.1) is 0 Å². The predicted octanol–water partition coefficient (Wildman–Crippen LogP) is -1.04. The van der Waals surface area contributed by atoms with Crippen molar-refractivity contribution >= 4 is 23.8 Å². The Morgan fingerprint density at radius 1 is 1.90 bits per heavy atom. The summed E-state index contributed by atoms with van der Waals surface area (Å²) in [6, 6.07) is 0. The van der Waals surface area contributed by atoms with Crippen LogP contribution < -0.4 is 5.31 Å². The number of nitrogens with zero attached hydrogens (tertiary/aromatic N) is 3. The molecule has 0 unspecified atom stereocenters. The Balaban J connectivity index is 2.54. The van der Waals surface area contributed by atoms with Crippen LogP contribution in [0.2, 0.25) is 1.41 Å². The van der Waals surface area contributed by atoms with E-state index in [2.05, 4.69) is 15.0 Å². The second-order valence-electron chi connectivity index (χ2n) is 1.67. The van der Waals surface area contributed by atoms with Gasteiger partial charge in [-0.3, -0.25) is 4.79 Å². The van der Waals surface area contributed by atoms with Crippen molar-refractivity contribution in [2.45, 2.75) is 0 Å². The highest BCUT2D eigenvalue weighted by Gasteiger charge is 2.23. The van der Waals surface area contributed by atoms with E-state index in [9.17, 15) is 4.79 Å². The molecule has 0 aromatic heterocycles. The molecule has 0 aromatic rings. The molecule has 2 heterocycles. The number of amidine groups is 1. The minimum atomic E-state index is -2.35. The van der Waals surface area contributed by atoms with Crippen molar-refractivity contribution in [1.29, 1.82) is 0 Å². The molecular formula is C5H4N4O. The van der Waals surface area contributed by atoms with Crippen molar-refractivity contribution in [2.24, 2.45) is 15.0 Å². The smallest absolute Gasteiger partial charge is 0.275 e. The monoisotopic (exact) mass is 139 g/mol. The maximum Gasteiger partial charge on any atom is 0.275 e. The number of nitrogens with one attached hydrogen (secondary N) is 1. The summed E-state index contributed by atoms with van der Waals surface area (Å²) in [6.07, 6.45) is 1.11. The van der Waals surface area contributed by atoms with E-state index in [4.69, 9.17) is 4.15 Å². The quantitative estimate of drug-likeness (QED) is 0.457. The van der Waals surface area contributed by atoms with Gasteiger partial charge in [0, 0.05) is 0 Å². The predicted molar refractivity (Wildman–Crippen MR) is 36.4 cm³/mol. The molecule has 0 aromatic carbocycles. The van der Waals surface area contributed by atoms with Crippen LogP contribution in [0.25, 0.3) is 0 Å². The van der Waals surface area contributed by atoms with E-state index in [-0.39, 0.29) is 16.9 Å². The van der Waals surface area contributed by atoms with Crippen LogP contribution in [0.3, 0.4) is 0 Å². The highest BCUT2D eigenvalue weighted by molar-refractivity contribution is 6.69. The molecule has 0 spiro atoms. The zero-order valence-corrected chi connectivity index (χ0v) is 4.77. The zero-order chi connectivity index (χ0) is 9.64. The van der Waals surface area contributed by atoms with Gasteiger partial charge in [0.2, 0.25) is 0 Å². The van der Waals surface area contributed by atoms with Crippen molar-refractivity contribution in [2.75, 3.05) is 6.62 Å². The second-order valence-corrected chi connectivity index (χ2v) is 1.67. The first-order chi connectivity index (χ1) is 6.02. The molecule has 0 saturated heterocycles. The maximum atomic E-state index is 11.2. The molecule has 10 heavy (non-hydrogen) atoms. The van der Waals surface area contributed by atoms with Gasteiger partial charge in [-0.1, -0.05) is 0 Å². The molecule has 50 valence electrons. The highest BCUT2D eigenvalue weighted by atomic mass is 16.2. The second kappa shape index (κ2) is 1.73. The molecule has 1 amide bonds. The van der Waals surface area contributed by atoms with Crippen LogP contribution in [-0.4, -0.2) is 30.4 Å². The fourth-order valence-electron chi connectivity index (χ4n) is 0.664. The Bertz CT molecular complexity index is 372. The Morgan fingerprint density at radius 2 is 2.80 bits per heavy atom. The summed E-state index contributed by atoms with van der Waals surface area (Å²) in [5.41, 5.74) is -0.0786. The van der Waals surface area contributed by atoms with E-state index < -0.39 is 12.5 Å². The third-order valence-corrected chi connectivity index (χ3v) is 1.09. The summed E-state index contributed by atoms with van der Waals surface area (Å²) in [5.74, 6) is -0.869. The molecule has 0 atom stereocenters. The number of hydrogen-bond donors (Lipinski definition) is 1. The molecule has 1 N–H and O–H groups in total. The SMILES string of the molecule is [2H]N1C(=O)C2=NC=NC2=NC1([2H])[2H]. The molecule has 5 heteroatoms. The van der Waals surface area contributed by atoms with Gasteiger partial charge in [-0.2, -0.15) is 0 Å². The van der Waals surface area contributed by atoms with E-state index in [0.717, 1.165) is 6.34 Å². The van der Waals surface area contributed by atoms with Gasteiger partial charge in [0.05, 0.1) is 2.74 Å². The maximum absolute atomic E-state index is 11.2. The summed E-state index contributed by atoms with van der Waals surface area (Å²) < 4.78 is 21.5. The number of amides is 1. The molecule has 0 saturated carbocycles. The van der Waals surface area contributed by atoms with Crippen molar-refractivity contribution < 1.29 is 8.95 Å². The van der Waals surface area contributed by atoms with Crippen LogP contribution in [0.5, 0.6) is 0 Å². The molecule has 0 aliphatic carbocycles. The fraction of sp³-hybridized carbons (Fsp3) is 0.200. The minimum Gasteiger partial charge on any atom is -0.331 e. The normalized spacial score (nSPS) is 31.8. The zero-order valence-electron chi connectivity index (χ0n) is 7.77. The standard InChI is InChI=1S/C5H4N4O/c10-5-3-4(7-1-6-3)8-2-9-5/h1H,2H2,(H,9,10)/i2D2/hD. The first-order valence-electron chi connectivity index (χ1n) is 4.01. The average molecular weight is 139 g/mol. The summed E-state index contributed by atoms with van der Waals surface area (Å²) >= 11 is 0. The van der Waals surface area contributed by atoms with Crippen molar-refractivity contribution in [3.05, 3.63) is 0 Å². The fourth-order valence-corrected chi connectivity index (χ4v) is 0.664. The van der Waals surface area contributed by atoms with Crippen LogP contribution >= 0.6 is 0 Å². The Morgan fingerprint density at radius 3 is 3.70 bits per heavy atom. The van der Waals surface area contributed by atoms with Crippen LogP contribution in [0.4, 0.5) is 0 Å². The molecule has 0 bridgehead atoms. The van der Waals surface area contributed by atoms with Crippen molar-refractivity contribution in [1.82, 2.24) is 5.31 Å². The van der Waals surface area contributed by atoms with E-state index in [1.54, 1.807) is 0 Å². The minimum absolute atomic E-state index is 0.0431. The molecule has 2 aliphatic heterocycles. The number of hydrogen-bond acceptors (Lipinski definition) is 4. The lowest BCUT2D eigenvalue weighted by Crippen LogP contribution is -2.38. The summed E-state index contributed by atoms with van der Waals surface area (Å²) in [4.78, 5) is 21.8. The van der Waals surface area contributed by atoms with Crippen LogP contribution in [0, 0.1) is 0 Å². The van der Waals surface area contributed by atoms with E-state index in [1.165, 1.54) is 0 Å². The number of fused-ring (bicyclic) bond motifs is 1. The molecule has 0 radical (unpaired) electrons. The molecule has 0 fully saturated rings. The molecular weight excluding hydrogens is 132 g/mol. The molecule has 2 aliphatic rings. The van der Waals surface area contributed by atoms with Crippen LogP contribution in [0.1, 0.15) is 2.74 Å². The third kappa shape index (κ3) is 0.570. The van der Waals surface area contributed by atoms with E-state index >= 15 is 0 Å². The number of carbonyl (C=O) groups is 1. The van der Waals surface area contributed by atoms with Crippen molar-refractivity contribution in [3.8, 4) is 0 Å². The van der Waals surface area contributed by atoms with Gasteiger partial charge < -0.3 is 5.31 Å². The van der Waals surface area contributed by atoms with Crippen LogP contribution in [0.15, 0.2) is 15.0 Å². The van der Waals surface area contributed by atoms with Crippen molar-refractivity contribution in [3.63, 3.8) is 0 Å². The van der Waals surface area contributed by atoms with Gasteiger partial charge >= 0.3 is 0 Å².